The van der Waals surface area contributed by atoms with Crippen molar-refractivity contribution in [2.24, 2.45) is 5.41 Å². The Morgan fingerprint density at radius 2 is 1.68 bits per heavy atom. The van der Waals surface area contributed by atoms with E-state index in [9.17, 15) is 23.3 Å². The lowest BCUT2D eigenvalue weighted by molar-refractivity contribution is -0.384. The Hall–Kier alpha value is -6.67. The van der Waals surface area contributed by atoms with E-state index in [0.717, 1.165) is 81.9 Å². The van der Waals surface area contributed by atoms with Gasteiger partial charge in [-0.25, -0.2) is 26.9 Å². The Kier molecular flexibility index (Phi) is 15.3. The van der Waals surface area contributed by atoms with Crippen LogP contribution in [0.3, 0.4) is 0 Å². The minimum absolute atomic E-state index is 0.0837. The summed E-state index contributed by atoms with van der Waals surface area (Å²) in [4.78, 5) is 39.6. The van der Waals surface area contributed by atoms with Gasteiger partial charge in [-0.15, -0.1) is 0 Å². The number of aromatic nitrogens is 2. The van der Waals surface area contributed by atoms with Crippen LogP contribution in [0, 0.1) is 21.3 Å². The zero-order valence-corrected chi connectivity index (χ0v) is 45.1. The third kappa shape index (κ3) is 11.5. The van der Waals surface area contributed by atoms with Gasteiger partial charge in [0.1, 0.15) is 40.1 Å². The fraction of sp³-hybridized carbons (Fsp3) is 0.448. The largest absolute Gasteiger partial charge is 0.496 e. The minimum Gasteiger partial charge on any atom is -0.496 e. The zero-order chi connectivity index (χ0) is 54.2. The van der Waals surface area contributed by atoms with Gasteiger partial charge in [0, 0.05) is 108 Å². The van der Waals surface area contributed by atoms with Crippen molar-refractivity contribution < 1.29 is 41.1 Å². The summed E-state index contributed by atoms with van der Waals surface area (Å²) in [5.74, 6) is -0.203. The number of nitro benzene ring substituents is 1. The number of ether oxygens (including phenoxy) is 3. The summed E-state index contributed by atoms with van der Waals surface area (Å²) >= 11 is 0. The number of nitrogens with zero attached hydrogens (tertiary/aromatic N) is 5. The predicted octanol–water partition coefficient (Wildman–Crippen LogP) is 11.0. The predicted molar refractivity (Wildman–Crippen MR) is 292 cm³/mol. The number of fused-ring (bicyclic) bond motifs is 1. The minimum atomic E-state index is -4.79. The Morgan fingerprint density at radius 3 is 2.40 bits per heavy atom. The molecule has 4 fully saturated rings. The van der Waals surface area contributed by atoms with Crippen molar-refractivity contribution in [1.82, 2.24) is 24.5 Å². The van der Waals surface area contributed by atoms with Gasteiger partial charge >= 0.3 is 0 Å². The zero-order valence-electron chi connectivity index (χ0n) is 44.3. The van der Waals surface area contributed by atoms with Crippen LogP contribution in [0.5, 0.6) is 17.2 Å². The molecule has 1 aliphatic carbocycles. The molecule has 1 amide bonds. The highest BCUT2D eigenvalue weighted by Gasteiger charge is 2.50. The first kappa shape index (κ1) is 53.7. The summed E-state index contributed by atoms with van der Waals surface area (Å²) in [5, 5.41) is 15.6. The SMILES string of the molecule is COc1cc(CN2CCN(C3CC4(CCN(c5cc(Oc6cnc7[nH]ccc7c6)c(C(=O)NS(=O)(=O)c6ccc(NCC7(F)CCOCC7)c([N+](=O)[O-])c6)cc5F)CC4)C3)C(c3ccccc3C(C)C)C2)ccc1C(C)C. The molecule has 3 N–H and O–H groups in total. The maximum Gasteiger partial charge on any atom is 0.293 e. The number of nitrogens with one attached hydrogen (secondary N) is 3. The number of piperidine rings is 1. The Morgan fingerprint density at radius 1 is 0.922 bits per heavy atom. The van der Waals surface area contributed by atoms with Crippen LogP contribution in [-0.2, 0) is 21.3 Å². The number of sulfonamides is 1. The van der Waals surface area contributed by atoms with Crippen LogP contribution in [0.4, 0.5) is 25.8 Å². The van der Waals surface area contributed by atoms with Gasteiger partial charge in [-0.05, 0) is 102 Å². The second-order valence-electron chi connectivity index (χ2n) is 22.0. The molecular weight excluding hydrogens is 1010 g/mol. The van der Waals surface area contributed by atoms with Crippen molar-refractivity contribution in [3.8, 4) is 17.2 Å². The van der Waals surface area contributed by atoms with Crippen LogP contribution in [0.15, 0.2) is 102 Å². The first-order valence-electron chi connectivity index (χ1n) is 26.7. The Balaban J connectivity index is 0.850. The molecule has 16 nitrogen and oxygen atoms in total. The van der Waals surface area contributed by atoms with Gasteiger partial charge in [0.05, 0.1) is 34.4 Å². The lowest BCUT2D eigenvalue weighted by Crippen LogP contribution is -2.60. The number of methoxy groups -OCH3 is 1. The molecule has 77 heavy (non-hydrogen) atoms. The number of alkyl halides is 1. The van der Waals surface area contributed by atoms with Crippen molar-refractivity contribution in [3.63, 3.8) is 0 Å². The molecule has 408 valence electrons. The topological polar surface area (TPSA) is 184 Å². The summed E-state index contributed by atoms with van der Waals surface area (Å²) < 4.78 is 78.9. The number of carbonyl (C=O) groups is 1. The van der Waals surface area contributed by atoms with E-state index in [4.69, 9.17) is 14.2 Å². The average molecular weight is 1080 g/mol. The van der Waals surface area contributed by atoms with E-state index in [1.165, 1.54) is 34.5 Å². The van der Waals surface area contributed by atoms with Gasteiger partial charge in [0.2, 0.25) is 0 Å². The number of carbonyl (C=O) groups excluding carboxylic acids is 1. The standard InChI is InChI=1S/C58H68F2N8O8S/c1-37(2)44-8-6-7-9-46(44)52-35-65(34-39-10-12-45(38(3)4)53(26-39)74-5)22-23-67(52)41-31-57(32-41)15-20-66(21-16-57)50-30-54(76-42-27-40-14-19-61-55(40)62-33-42)47(29-48(50)59)56(69)64-77(72,73)43-11-13-49(51(28-43)68(70)71)63-36-58(60)17-24-75-25-18-58/h6-14,19,26-30,33,37-38,41,52,63H,15-18,20-25,31-32,34-36H2,1-5H3,(H,61,62)(H,64,69). The van der Waals surface area contributed by atoms with E-state index in [1.807, 2.05) is 9.62 Å². The van der Waals surface area contributed by atoms with Gasteiger partial charge in [-0.3, -0.25) is 24.7 Å². The van der Waals surface area contributed by atoms with Crippen LogP contribution in [0.1, 0.15) is 117 Å². The molecule has 1 atom stereocenters. The van der Waals surface area contributed by atoms with Crippen LogP contribution in [-0.4, -0.2) is 110 Å². The second kappa shape index (κ2) is 22.0. The maximum atomic E-state index is 16.6. The van der Waals surface area contributed by atoms with Crippen molar-refractivity contribution in [1.29, 1.82) is 0 Å². The molecule has 6 aromatic rings. The monoisotopic (exact) mass is 1070 g/mol. The number of hydrogen-bond acceptors (Lipinski definition) is 13. The molecule has 3 saturated heterocycles. The van der Waals surface area contributed by atoms with E-state index in [-0.39, 0.29) is 66.9 Å². The third-order valence-corrected chi connectivity index (χ3v) is 17.7. The number of H-pyrrole nitrogens is 1. The second-order valence-corrected chi connectivity index (χ2v) is 23.7. The number of nitro groups is 1. The van der Waals surface area contributed by atoms with Gasteiger partial charge in [-0.1, -0.05) is 64.1 Å². The smallest absolute Gasteiger partial charge is 0.293 e. The third-order valence-electron chi connectivity index (χ3n) is 16.4. The highest BCUT2D eigenvalue weighted by Crippen LogP contribution is 2.54. The van der Waals surface area contributed by atoms with E-state index in [0.29, 0.717) is 42.0 Å². The first-order valence-corrected chi connectivity index (χ1v) is 28.2. The molecular formula is C58H68F2N8O8S. The van der Waals surface area contributed by atoms with Gasteiger partial charge in [0.25, 0.3) is 21.6 Å². The summed E-state index contributed by atoms with van der Waals surface area (Å²) in [7, 11) is -3.04. The summed E-state index contributed by atoms with van der Waals surface area (Å²) in [6, 6.07) is 25.0. The molecule has 4 aliphatic rings. The van der Waals surface area contributed by atoms with Crippen molar-refractivity contribution >= 4 is 44.0 Å². The number of rotatable bonds is 17. The number of halogens is 2. The Bertz CT molecular complexity index is 3260. The molecule has 1 saturated carbocycles. The lowest BCUT2D eigenvalue weighted by Gasteiger charge is -2.58. The highest BCUT2D eigenvalue weighted by atomic mass is 32.2. The van der Waals surface area contributed by atoms with E-state index >= 15 is 8.78 Å². The molecule has 4 aromatic carbocycles. The molecule has 3 aliphatic heterocycles. The lowest BCUT2D eigenvalue weighted by atomic mass is 9.59. The van der Waals surface area contributed by atoms with Gasteiger partial charge < -0.3 is 29.4 Å². The van der Waals surface area contributed by atoms with Crippen LogP contribution >= 0.6 is 0 Å². The summed E-state index contributed by atoms with van der Waals surface area (Å²) in [6.07, 6.45) is 7.07. The quantitative estimate of drug-likeness (QED) is 0.0580. The molecule has 5 heterocycles. The highest BCUT2D eigenvalue weighted by molar-refractivity contribution is 7.90. The molecule has 1 spiro atoms. The number of anilines is 2. The number of benzene rings is 4. The summed E-state index contributed by atoms with van der Waals surface area (Å²) in [6.45, 7) is 13.8. The molecule has 2 aromatic heterocycles. The van der Waals surface area contributed by atoms with E-state index in [2.05, 4.69) is 95.2 Å². The molecule has 0 bridgehead atoms. The molecule has 0 radical (unpaired) electrons. The number of aromatic amines is 1. The number of hydrogen-bond donors (Lipinski definition) is 3. The van der Waals surface area contributed by atoms with Crippen molar-refractivity contribution in [2.75, 3.05) is 69.8 Å². The van der Waals surface area contributed by atoms with Crippen molar-refractivity contribution in [2.45, 2.75) is 107 Å². The van der Waals surface area contributed by atoms with Crippen LogP contribution in [0.2, 0.25) is 0 Å². The van der Waals surface area contributed by atoms with E-state index in [1.54, 1.807) is 25.4 Å². The van der Waals surface area contributed by atoms with Gasteiger partial charge in [0.15, 0.2) is 0 Å². The first-order chi connectivity index (χ1) is 36.9. The van der Waals surface area contributed by atoms with Crippen LogP contribution < -0.4 is 24.4 Å². The molecule has 10 rings (SSSR count). The maximum absolute atomic E-state index is 16.6. The number of pyridine rings is 1. The Labute approximate surface area is 448 Å². The number of piperazine rings is 1. The van der Waals surface area contributed by atoms with Crippen molar-refractivity contribution in [3.05, 3.63) is 141 Å². The van der Waals surface area contributed by atoms with Gasteiger partial charge in [-0.2, -0.15) is 0 Å². The molecule has 19 heteroatoms. The van der Waals surface area contributed by atoms with E-state index < -0.39 is 48.5 Å². The summed E-state index contributed by atoms with van der Waals surface area (Å²) in [5.41, 5.74) is 3.25. The number of amides is 1. The fourth-order valence-corrected chi connectivity index (χ4v) is 13.0. The average Bonchev–Trinajstić information content (AvgIpc) is 3.90. The molecule has 1 unspecified atom stereocenters. The normalized spacial score (nSPS) is 19.1. The fourth-order valence-electron chi connectivity index (χ4n) is 12.0. The van der Waals surface area contributed by atoms with Crippen LogP contribution in [0.25, 0.3) is 11.0 Å².